The molecule has 0 spiro atoms. The number of rotatable bonds is 4. The molecule has 0 rings (SSSR count). The third kappa shape index (κ3) is 86.8. The number of nitrogens with two attached hydrogens (primary N) is 1. The molecule has 0 amide bonds. The van der Waals surface area contributed by atoms with Crippen LogP contribution in [0.1, 0.15) is 0 Å². The van der Waals surface area contributed by atoms with Crippen LogP contribution < -0.4 is 91.8 Å². The normalized spacial score (nSPS) is 6.71. The molecule has 0 saturated heterocycles. The Bertz CT molecular complexity index is 246. The average molecular weight is 422 g/mol. The number of thiocarbonyl (C=S) groups is 1. The molecule has 21 heavy (non-hydrogen) atoms. The SMILES string of the molecule is CN(C)CC(N)=S.Cl.O=C(CCl)CCl.O=C([O-])O.[K+].[Na+].[OH-]. The van der Waals surface area contributed by atoms with Gasteiger partial charge in [-0.1, -0.05) is 12.2 Å². The molecule has 0 unspecified atom stereocenters. The summed E-state index contributed by atoms with van der Waals surface area (Å²) in [5.41, 5.74) is 5.18. The average Bonchev–Trinajstić information content (AvgIpc) is 2.14. The van der Waals surface area contributed by atoms with Gasteiger partial charge in [-0.15, -0.1) is 35.6 Å². The Morgan fingerprint density at radius 3 is 1.52 bits per heavy atom. The van der Waals surface area contributed by atoms with Crippen LogP contribution in [0.15, 0.2) is 0 Å². The molecule has 0 atom stereocenters. The summed E-state index contributed by atoms with van der Waals surface area (Å²) in [7, 11) is 3.86. The smallest absolute Gasteiger partial charge is 0.870 e. The first-order chi connectivity index (χ1) is 7.67. The van der Waals surface area contributed by atoms with Gasteiger partial charge in [0.2, 0.25) is 6.16 Å². The maximum atomic E-state index is 9.92. The van der Waals surface area contributed by atoms with E-state index >= 15 is 0 Å². The molecule has 7 nitrogen and oxygen atoms in total. The minimum absolute atomic E-state index is 0. The van der Waals surface area contributed by atoms with Crippen molar-refractivity contribution >= 4 is 64.8 Å². The molecule has 118 valence electrons. The number of ketones is 1. The molecular formula is C8H17Cl3KN2NaO5S. The quantitative estimate of drug-likeness (QED) is 0.260. The molecule has 0 aromatic heterocycles. The predicted octanol–water partition coefficient (Wildman–Crippen LogP) is -5.99. The van der Waals surface area contributed by atoms with Crippen molar-refractivity contribution in [2.24, 2.45) is 5.73 Å². The molecule has 0 aromatic carbocycles. The Kier molecular flexibility index (Phi) is 70.1. The largest absolute Gasteiger partial charge is 1.00 e. The van der Waals surface area contributed by atoms with Crippen molar-refractivity contribution in [3.8, 4) is 0 Å². The number of carbonyl (C=O) groups is 2. The number of alkyl halides is 2. The minimum atomic E-state index is -2.08. The second kappa shape index (κ2) is 33.8. The van der Waals surface area contributed by atoms with Gasteiger partial charge in [0, 0.05) is 6.54 Å². The van der Waals surface area contributed by atoms with E-state index in [0.29, 0.717) is 11.5 Å². The molecule has 0 aliphatic carbocycles. The standard InChI is InChI=1S/C4H10N2S.C3H4Cl2O.CH2O3.ClH.K.Na.H2O/c1-6(2)3-4(5)7;4-1-3(6)2-5;2-1(3)4;;;;/h3H2,1-2H3,(H2,5,7);1-2H2;(H2,2,3,4);1H;;;1H2/q;;;;2*+1;/p-2. The summed E-state index contributed by atoms with van der Waals surface area (Å²) in [6.07, 6.45) is -2.08. The van der Waals surface area contributed by atoms with E-state index in [1.54, 1.807) is 0 Å². The van der Waals surface area contributed by atoms with Gasteiger partial charge in [-0.2, -0.15) is 0 Å². The van der Waals surface area contributed by atoms with Crippen LogP contribution in [-0.2, 0) is 4.79 Å². The first kappa shape index (κ1) is 43.6. The second-order valence-corrected chi connectivity index (χ2v) is 3.83. The van der Waals surface area contributed by atoms with Crippen molar-refractivity contribution in [3.05, 3.63) is 0 Å². The van der Waals surface area contributed by atoms with Crippen LogP contribution in [0.5, 0.6) is 0 Å². The third-order valence-corrected chi connectivity index (χ3v) is 1.50. The number of likely N-dealkylation sites (N-methyl/N-ethyl adjacent to an activating group) is 1. The van der Waals surface area contributed by atoms with Crippen molar-refractivity contribution in [3.63, 3.8) is 0 Å². The van der Waals surface area contributed by atoms with E-state index in [4.69, 9.17) is 43.9 Å². The van der Waals surface area contributed by atoms with Gasteiger partial charge in [0.1, 0.15) is 0 Å². The first-order valence-electron chi connectivity index (χ1n) is 4.13. The van der Waals surface area contributed by atoms with E-state index in [1.807, 2.05) is 19.0 Å². The summed E-state index contributed by atoms with van der Waals surface area (Å²) in [4.78, 5) is 20.8. The second-order valence-electron chi connectivity index (χ2n) is 2.78. The Morgan fingerprint density at radius 1 is 1.29 bits per heavy atom. The summed E-state index contributed by atoms with van der Waals surface area (Å²) in [6, 6.07) is 0. The Labute approximate surface area is 210 Å². The van der Waals surface area contributed by atoms with Crippen LogP contribution in [0.2, 0.25) is 0 Å². The van der Waals surface area contributed by atoms with Crippen LogP contribution in [0.4, 0.5) is 4.79 Å². The van der Waals surface area contributed by atoms with Crippen LogP contribution in [0, 0.1) is 0 Å². The number of hydrogen-bond donors (Lipinski definition) is 2. The fourth-order valence-corrected chi connectivity index (χ4v) is 0.891. The van der Waals surface area contributed by atoms with Crippen molar-refractivity contribution in [2.75, 3.05) is 32.4 Å². The number of Topliss-reactive ketones (excluding diaryl/α,β-unsaturated/α-hetero) is 1. The van der Waals surface area contributed by atoms with Crippen LogP contribution in [-0.4, -0.2) is 64.8 Å². The molecule has 0 fully saturated rings. The van der Waals surface area contributed by atoms with E-state index in [1.165, 1.54) is 0 Å². The zero-order valence-corrected chi connectivity index (χ0v) is 20.6. The van der Waals surface area contributed by atoms with Gasteiger partial charge in [0.15, 0.2) is 5.78 Å². The maximum Gasteiger partial charge on any atom is 1.00 e. The van der Waals surface area contributed by atoms with E-state index in [0.717, 1.165) is 0 Å². The molecule has 0 aromatic rings. The summed E-state index contributed by atoms with van der Waals surface area (Å²) < 4.78 is 0. The van der Waals surface area contributed by atoms with Crippen molar-refractivity contribution in [1.82, 2.24) is 4.90 Å². The van der Waals surface area contributed by atoms with E-state index in [9.17, 15) is 4.79 Å². The Morgan fingerprint density at radius 2 is 1.52 bits per heavy atom. The summed E-state index contributed by atoms with van der Waals surface area (Å²) in [6.45, 7) is 0.704. The minimum Gasteiger partial charge on any atom is -0.870 e. The zero-order chi connectivity index (χ0) is 14.4. The number of carboxylic acid groups (broad SMARTS) is 2. The number of carbonyl (C=O) groups excluding carboxylic acids is 1. The molecule has 0 radical (unpaired) electrons. The Hall–Kier alpha value is 2.26. The summed E-state index contributed by atoms with van der Waals surface area (Å²) in [5, 5.41) is 15.3. The summed E-state index contributed by atoms with van der Waals surface area (Å²) >= 11 is 14.6. The molecular weight excluding hydrogens is 405 g/mol. The molecule has 0 aliphatic heterocycles. The van der Waals surface area contributed by atoms with Crippen molar-refractivity contribution < 1.29 is 106 Å². The first-order valence-corrected chi connectivity index (χ1v) is 5.61. The van der Waals surface area contributed by atoms with E-state index in [2.05, 4.69) is 12.2 Å². The van der Waals surface area contributed by atoms with Gasteiger partial charge >= 0.3 is 80.9 Å². The Balaban J connectivity index is -0.0000000263. The molecule has 0 heterocycles. The number of hydrogen-bond acceptors (Lipinski definition) is 6. The van der Waals surface area contributed by atoms with E-state index < -0.39 is 6.16 Å². The maximum absolute atomic E-state index is 9.92. The van der Waals surface area contributed by atoms with Gasteiger partial charge in [-0.05, 0) is 14.1 Å². The van der Waals surface area contributed by atoms with Crippen LogP contribution in [0.3, 0.4) is 0 Å². The molecule has 0 saturated carbocycles. The molecule has 0 bridgehead atoms. The molecule has 4 N–H and O–H groups in total. The summed E-state index contributed by atoms with van der Waals surface area (Å²) in [5.74, 6) is -0.0640. The fraction of sp³-hybridized carbons (Fsp3) is 0.625. The number of halogens is 3. The van der Waals surface area contributed by atoms with Gasteiger partial charge in [-0.25, -0.2) is 0 Å². The van der Waals surface area contributed by atoms with Gasteiger partial charge in [0.05, 0.1) is 16.7 Å². The van der Waals surface area contributed by atoms with E-state index in [-0.39, 0.29) is 116 Å². The van der Waals surface area contributed by atoms with Crippen molar-refractivity contribution in [1.29, 1.82) is 0 Å². The monoisotopic (exact) mass is 420 g/mol. The van der Waals surface area contributed by atoms with Gasteiger partial charge in [0.25, 0.3) is 0 Å². The zero-order valence-electron chi connectivity index (χ0n) is 12.3. The number of nitrogens with zero attached hydrogens (tertiary/aromatic N) is 1. The van der Waals surface area contributed by atoms with Crippen LogP contribution in [0.25, 0.3) is 0 Å². The van der Waals surface area contributed by atoms with Gasteiger partial charge in [-0.3, -0.25) is 4.79 Å². The topological polar surface area (TPSA) is 137 Å². The molecule has 0 aliphatic rings. The van der Waals surface area contributed by atoms with Crippen molar-refractivity contribution in [2.45, 2.75) is 0 Å². The predicted molar refractivity (Wildman–Crippen MR) is 79.0 cm³/mol. The fourth-order valence-electron chi connectivity index (χ4n) is 0.347. The van der Waals surface area contributed by atoms with Crippen LogP contribution >= 0.6 is 47.8 Å². The third-order valence-electron chi connectivity index (χ3n) is 0.770. The molecule has 13 heteroatoms. The van der Waals surface area contributed by atoms with Gasteiger partial charge < -0.3 is 31.1 Å².